The van der Waals surface area contributed by atoms with Gasteiger partial charge in [-0.1, -0.05) is 6.07 Å². The third kappa shape index (κ3) is 6.04. The smallest absolute Gasteiger partial charge is 0.273 e. The molecule has 3 aromatic carbocycles. The lowest BCUT2D eigenvalue weighted by molar-refractivity contribution is -0.385. The van der Waals surface area contributed by atoms with E-state index in [4.69, 9.17) is 14.2 Å². The van der Waals surface area contributed by atoms with E-state index in [2.05, 4.69) is 17.9 Å². The summed E-state index contributed by atoms with van der Waals surface area (Å²) in [6.07, 6.45) is 2.70. The molecule has 1 saturated carbocycles. The van der Waals surface area contributed by atoms with Gasteiger partial charge in [-0.15, -0.1) is 0 Å². The van der Waals surface area contributed by atoms with Crippen LogP contribution in [0.15, 0.2) is 48.5 Å². The van der Waals surface area contributed by atoms with Gasteiger partial charge in [-0.25, -0.2) is 0 Å². The van der Waals surface area contributed by atoms with Gasteiger partial charge in [-0.2, -0.15) is 12.6 Å². The molecule has 0 saturated heterocycles. The number of hydrogen-bond acceptors (Lipinski definition) is 9. The van der Waals surface area contributed by atoms with Gasteiger partial charge in [0.25, 0.3) is 11.6 Å². The number of nitrogens with zero attached hydrogens (tertiary/aromatic N) is 2. The quantitative estimate of drug-likeness (QED) is 0.186. The van der Waals surface area contributed by atoms with Crippen molar-refractivity contribution in [1.82, 2.24) is 0 Å². The zero-order valence-corrected chi connectivity index (χ0v) is 24.0. The van der Waals surface area contributed by atoms with Crippen LogP contribution in [0.4, 0.5) is 17.1 Å². The minimum atomic E-state index is -0.819. The van der Waals surface area contributed by atoms with Crippen molar-refractivity contribution in [1.29, 1.82) is 0 Å². The van der Waals surface area contributed by atoms with Crippen LogP contribution < -0.4 is 24.4 Å². The summed E-state index contributed by atoms with van der Waals surface area (Å²) >= 11 is 4.08. The fourth-order valence-electron chi connectivity index (χ4n) is 4.45. The molecule has 0 radical (unpaired) electrons. The van der Waals surface area contributed by atoms with Crippen LogP contribution in [0.1, 0.15) is 32.3 Å². The highest BCUT2D eigenvalue weighted by Gasteiger charge is 2.38. The average molecular weight is 568 g/mol. The lowest BCUT2D eigenvalue weighted by Gasteiger charge is -2.39. The molecular formula is C29H33N3O7S. The topological polar surface area (TPSA) is 123 Å². The van der Waals surface area contributed by atoms with Gasteiger partial charge in [0.05, 0.1) is 36.6 Å². The number of nitrogens with one attached hydrogen (secondary N) is 1. The number of non-ortho nitro benzene ring substituents is 1. The Hall–Kier alpha value is -4.12. The van der Waals surface area contributed by atoms with Crippen LogP contribution in [0.2, 0.25) is 0 Å². The summed E-state index contributed by atoms with van der Waals surface area (Å²) in [4.78, 5) is 25.5. The first-order valence-corrected chi connectivity index (χ1v) is 13.2. The van der Waals surface area contributed by atoms with E-state index in [-0.39, 0.29) is 29.7 Å². The zero-order chi connectivity index (χ0) is 29.2. The number of ether oxygens (including phenoxy) is 3. The number of phenols is 1. The molecule has 1 fully saturated rings. The Morgan fingerprint density at radius 3 is 2.30 bits per heavy atom. The fourth-order valence-corrected chi connectivity index (χ4v) is 4.60. The third-order valence-corrected chi connectivity index (χ3v) is 7.17. The molecule has 2 aliphatic rings. The number of carbonyl (C=O) groups is 1. The monoisotopic (exact) mass is 567 g/mol. The van der Waals surface area contributed by atoms with E-state index in [1.54, 1.807) is 37.9 Å². The summed E-state index contributed by atoms with van der Waals surface area (Å²) in [7, 11) is 4.64. The van der Waals surface area contributed by atoms with Gasteiger partial charge < -0.3 is 29.5 Å². The van der Waals surface area contributed by atoms with Gasteiger partial charge in [0.2, 0.25) is 0 Å². The molecule has 212 valence electrons. The van der Waals surface area contributed by atoms with Gasteiger partial charge in [0.1, 0.15) is 23.6 Å². The van der Waals surface area contributed by atoms with Crippen LogP contribution in [0, 0.1) is 10.1 Å². The number of rotatable bonds is 7. The van der Waals surface area contributed by atoms with E-state index in [0.29, 0.717) is 33.9 Å². The van der Waals surface area contributed by atoms with Crippen LogP contribution >= 0.6 is 12.6 Å². The number of amides is 1. The summed E-state index contributed by atoms with van der Waals surface area (Å²) in [6.45, 7) is 3.56. The normalized spacial score (nSPS) is 15.2. The van der Waals surface area contributed by atoms with Crippen molar-refractivity contribution >= 4 is 35.6 Å². The molecule has 2 N–H and O–H groups in total. The molecule has 0 unspecified atom stereocenters. The molecule has 0 aromatic heterocycles. The van der Waals surface area contributed by atoms with Crippen molar-refractivity contribution in [2.45, 2.75) is 44.1 Å². The van der Waals surface area contributed by atoms with Crippen LogP contribution in [0.3, 0.4) is 0 Å². The molecule has 0 atom stereocenters. The molecule has 1 heterocycles. The highest BCUT2D eigenvalue weighted by molar-refractivity contribution is 7.81. The number of aromatic hydroxyl groups is 1. The first-order chi connectivity index (χ1) is 19.0. The molecule has 0 bridgehead atoms. The third-order valence-electron chi connectivity index (χ3n) is 6.66. The van der Waals surface area contributed by atoms with Crippen molar-refractivity contribution in [3.8, 4) is 34.1 Å². The molecule has 11 heteroatoms. The largest absolute Gasteiger partial charge is 0.508 e. The molecular weight excluding hydrogens is 534 g/mol. The van der Waals surface area contributed by atoms with Gasteiger partial charge in [0.15, 0.2) is 11.5 Å². The van der Waals surface area contributed by atoms with Gasteiger partial charge in [-0.3, -0.25) is 14.9 Å². The maximum Gasteiger partial charge on any atom is 0.273 e. The first-order valence-electron chi connectivity index (χ1n) is 12.7. The maximum absolute atomic E-state index is 13.1. The van der Waals surface area contributed by atoms with Crippen LogP contribution in [-0.4, -0.2) is 48.0 Å². The summed E-state index contributed by atoms with van der Waals surface area (Å²) in [5, 5.41) is 25.3. The number of anilines is 2. The number of methoxy groups -OCH3 is 2. The number of benzene rings is 3. The average Bonchev–Trinajstić information content (AvgIpc) is 3.72. The predicted molar refractivity (Wildman–Crippen MR) is 157 cm³/mol. The predicted octanol–water partition coefficient (Wildman–Crippen LogP) is 5.81. The highest BCUT2D eigenvalue weighted by atomic mass is 32.1. The lowest BCUT2D eigenvalue weighted by atomic mass is 9.91. The summed E-state index contributed by atoms with van der Waals surface area (Å²) < 4.78 is 16.9. The second-order valence-electron chi connectivity index (χ2n) is 10.1. The Balaban J connectivity index is 0.000000848. The molecule has 10 nitrogen and oxygen atoms in total. The molecule has 1 aliphatic heterocycles. The Morgan fingerprint density at radius 1 is 1.05 bits per heavy atom. The lowest BCUT2D eigenvalue weighted by Crippen LogP contribution is -2.52. The Morgan fingerprint density at radius 2 is 1.70 bits per heavy atom. The standard InChI is InChI=1S/C26H27N3O7.C3H6S/c1-26(2)25(31)28(3)24-19(14-36-23-12-15(29(32)33)6-11-21(23)34-4)17(9-10-20(24)27-26)18-8-7-16(30)13-22(18)35-5;4-3-1-2-3/h6-13,27,30H,14H2,1-5H3;3-4H,1-2H2. The Kier molecular flexibility index (Phi) is 8.34. The summed E-state index contributed by atoms with van der Waals surface area (Å²) in [5.41, 5.74) is 2.40. The minimum Gasteiger partial charge on any atom is -0.508 e. The van der Waals surface area contributed by atoms with Gasteiger partial charge >= 0.3 is 0 Å². The second kappa shape index (κ2) is 11.5. The molecule has 0 spiro atoms. The minimum absolute atomic E-state index is 0.0419. The summed E-state index contributed by atoms with van der Waals surface area (Å²) in [6, 6.07) is 12.6. The molecule has 40 heavy (non-hydrogen) atoms. The molecule has 1 aliphatic carbocycles. The molecule has 1 amide bonds. The zero-order valence-electron chi connectivity index (χ0n) is 23.1. The van der Waals surface area contributed by atoms with Crippen LogP contribution in [0.5, 0.6) is 23.0 Å². The van der Waals surface area contributed by atoms with Crippen molar-refractivity contribution in [3.05, 3.63) is 64.2 Å². The van der Waals surface area contributed by atoms with Crippen molar-refractivity contribution < 1.29 is 29.0 Å². The van der Waals surface area contributed by atoms with Gasteiger partial charge in [0, 0.05) is 35.6 Å². The number of fused-ring (bicyclic) bond motifs is 1. The van der Waals surface area contributed by atoms with E-state index >= 15 is 0 Å². The number of nitro benzene ring substituents is 1. The SMILES string of the molecule is COc1ccc([N+](=O)[O-])cc1OCc1c(-c2ccc(O)cc2OC)ccc2c1N(C)C(=O)C(C)(C)N2.SC1CC1. The molecule has 3 aromatic rings. The highest BCUT2D eigenvalue weighted by Crippen LogP contribution is 2.45. The number of nitro groups is 1. The summed E-state index contributed by atoms with van der Waals surface area (Å²) in [5.74, 6) is 0.855. The number of carbonyl (C=O) groups excluding carboxylic acids is 1. The number of phenolic OH excluding ortho intramolecular Hbond substituents is 1. The maximum atomic E-state index is 13.1. The van der Waals surface area contributed by atoms with E-state index in [1.165, 1.54) is 51.3 Å². The van der Waals surface area contributed by atoms with Crippen LogP contribution in [-0.2, 0) is 11.4 Å². The number of thiol groups is 1. The van der Waals surface area contributed by atoms with E-state index in [1.807, 2.05) is 12.1 Å². The Bertz CT molecular complexity index is 1440. The van der Waals surface area contributed by atoms with Crippen molar-refractivity contribution in [3.63, 3.8) is 0 Å². The van der Waals surface area contributed by atoms with E-state index < -0.39 is 10.5 Å². The number of likely N-dealkylation sites (N-methyl/N-ethyl adjacent to an activating group) is 1. The van der Waals surface area contributed by atoms with Gasteiger partial charge in [-0.05, 0) is 56.5 Å². The molecule has 5 rings (SSSR count). The fraction of sp³-hybridized carbons (Fsp3) is 0.345. The van der Waals surface area contributed by atoms with Crippen molar-refractivity contribution in [2.24, 2.45) is 0 Å². The van der Waals surface area contributed by atoms with Crippen LogP contribution in [0.25, 0.3) is 11.1 Å². The first kappa shape index (κ1) is 28.9. The second-order valence-corrected chi connectivity index (χ2v) is 10.8. The van der Waals surface area contributed by atoms with E-state index in [0.717, 1.165) is 10.9 Å². The number of hydrogen-bond donors (Lipinski definition) is 3. The van der Waals surface area contributed by atoms with E-state index in [9.17, 15) is 20.0 Å². The van der Waals surface area contributed by atoms with Crippen molar-refractivity contribution in [2.75, 3.05) is 31.5 Å². The Labute approximate surface area is 238 Å².